The highest BCUT2D eigenvalue weighted by molar-refractivity contribution is 6.00. The van der Waals surface area contributed by atoms with Gasteiger partial charge in [0.25, 0.3) is 0 Å². The molecule has 0 atom stereocenters. The van der Waals surface area contributed by atoms with Gasteiger partial charge in [0.1, 0.15) is 18.0 Å². The summed E-state index contributed by atoms with van der Waals surface area (Å²) >= 11 is 0. The Morgan fingerprint density at radius 2 is 1.14 bits per heavy atom. The Kier molecular flexibility index (Phi) is 10.2. The number of aryl methyl sites for hydroxylation is 2. The number of phenols is 1. The third-order valence-corrected chi connectivity index (χ3v) is 10.9. The summed E-state index contributed by atoms with van der Waals surface area (Å²) in [7, 11) is 4.25. The quantitative estimate of drug-likeness (QED) is 0.239. The van der Waals surface area contributed by atoms with Crippen LogP contribution in [0.3, 0.4) is 0 Å². The second-order valence-electron chi connectivity index (χ2n) is 16.2. The number of benzene rings is 1. The van der Waals surface area contributed by atoms with Gasteiger partial charge in [-0.25, -0.2) is 0 Å². The fraction of sp³-hybridized carbons (Fsp3) is 0.778. The second kappa shape index (κ2) is 12.3. The van der Waals surface area contributed by atoms with Crippen molar-refractivity contribution in [3.05, 3.63) is 28.8 Å². The molecule has 0 amide bonds. The van der Waals surface area contributed by atoms with Crippen molar-refractivity contribution in [3.8, 4) is 5.75 Å². The minimum atomic E-state index is -1.48. The third-order valence-electron chi connectivity index (χ3n) is 10.9. The van der Waals surface area contributed by atoms with Crippen molar-refractivity contribution in [2.45, 2.75) is 162 Å². The van der Waals surface area contributed by atoms with Crippen molar-refractivity contribution < 1.29 is 24.2 Å². The number of likely N-dealkylation sites (tertiary alicyclic amines) is 2. The summed E-state index contributed by atoms with van der Waals surface area (Å²) < 4.78 is 12.8. The second-order valence-corrected chi connectivity index (χ2v) is 16.2. The molecule has 1 aromatic rings. The average Bonchev–Trinajstić information content (AvgIpc) is 2.85. The van der Waals surface area contributed by atoms with Gasteiger partial charge in [-0.2, -0.15) is 0 Å². The van der Waals surface area contributed by atoms with E-state index in [1.807, 2.05) is 26.0 Å². The number of carbonyl (C=O) groups is 2. The van der Waals surface area contributed by atoms with Gasteiger partial charge < -0.3 is 14.6 Å². The molecule has 0 bridgehead atoms. The van der Waals surface area contributed by atoms with Gasteiger partial charge in [-0.1, -0.05) is 31.9 Å². The average molecular weight is 601 g/mol. The Morgan fingerprint density at radius 3 is 1.47 bits per heavy atom. The molecule has 0 unspecified atom stereocenters. The number of hydrogen-bond donors (Lipinski definition) is 1. The molecule has 7 heteroatoms. The predicted octanol–water partition coefficient (Wildman–Crippen LogP) is 7.12. The Labute approximate surface area is 261 Å². The van der Waals surface area contributed by atoms with E-state index in [4.69, 9.17) is 9.47 Å². The van der Waals surface area contributed by atoms with E-state index in [2.05, 4.69) is 86.2 Å². The van der Waals surface area contributed by atoms with Crippen molar-refractivity contribution in [1.82, 2.24) is 9.80 Å². The third kappa shape index (κ3) is 7.41. The van der Waals surface area contributed by atoms with E-state index >= 15 is 0 Å². The fourth-order valence-corrected chi connectivity index (χ4v) is 7.75. The Balaban J connectivity index is 2.05. The highest BCUT2D eigenvalue weighted by Crippen LogP contribution is 2.43. The molecule has 7 nitrogen and oxygen atoms in total. The summed E-state index contributed by atoms with van der Waals surface area (Å²) in [6.45, 7) is 23.2. The minimum Gasteiger partial charge on any atom is -0.507 e. The molecule has 2 saturated heterocycles. The van der Waals surface area contributed by atoms with Crippen molar-refractivity contribution in [2.75, 3.05) is 14.1 Å². The molecule has 0 saturated carbocycles. The molecule has 43 heavy (non-hydrogen) atoms. The minimum absolute atomic E-state index is 0.171. The topological polar surface area (TPSA) is 79.3 Å². The first-order valence-electron chi connectivity index (χ1n) is 16.3. The zero-order chi connectivity index (χ0) is 32.8. The van der Waals surface area contributed by atoms with Crippen LogP contribution in [0.25, 0.3) is 0 Å². The van der Waals surface area contributed by atoms with Crippen LogP contribution in [-0.4, -0.2) is 75.3 Å². The molecule has 0 spiro atoms. The van der Waals surface area contributed by atoms with E-state index in [1.165, 1.54) is 0 Å². The lowest BCUT2D eigenvalue weighted by Crippen LogP contribution is -2.61. The van der Waals surface area contributed by atoms with Gasteiger partial charge in [-0.3, -0.25) is 19.4 Å². The first-order valence-corrected chi connectivity index (χ1v) is 16.3. The van der Waals surface area contributed by atoms with Crippen LogP contribution in [0.5, 0.6) is 5.75 Å². The molecule has 2 fully saturated rings. The van der Waals surface area contributed by atoms with Gasteiger partial charge in [0, 0.05) is 47.8 Å². The number of phenolic OH excluding ortho intramolecular Hbond substituents is 1. The monoisotopic (exact) mass is 600 g/mol. The summed E-state index contributed by atoms with van der Waals surface area (Å²) in [5.74, 6) is -0.733. The summed E-state index contributed by atoms with van der Waals surface area (Å²) in [5.41, 5.74) is 0.0985. The lowest BCUT2D eigenvalue weighted by Gasteiger charge is -2.53. The van der Waals surface area contributed by atoms with Gasteiger partial charge in [-0.15, -0.1) is 0 Å². The molecule has 1 aromatic carbocycles. The standard InChI is InChI=1S/C36H60N2O5/c1-14-15-16-36(19-26-17-24(2)29(39)25(3)18-26,30(40)42-27-20-32(4,5)37(12)33(6,7)21-27)31(41)43-28-22-34(8,9)38(13)35(10,11)23-28/h17-18,27-28,39H,14-16,19-23H2,1-13H3. The summed E-state index contributed by atoms with van der Waals surface area (Å²) in [5, 5.41) is 10.5. The van der Waals surface area contributed by atoms with E-state index in [-0.39, 0.29) is 46.5 Å². The molecule has 0 aliphatic carbocycles. The van der Waals surface area contributed by atoms with Crippen LogP contribution in [-0.2, 0) is 25.5 Å². The molecule has 2 aliphatic heterocycles. The number of nitrogens with zero attached hydrogens (tertiary/aromatic N) is 2. The first kappa shape index (κ1) is 35.4. The molecule has 3 rings (SSSR count). The van der Waals surface area contributed by atoms with E-state index < -0.39 is 17.4 Å². The zero-order valence-electron chi connectivity index (χ0n) is 29.4. The lowest BCUT2D eigenvalue weighted by atomic mass is 9.75. The van der Waals surface area contributed by atoms with Gasteiger partial charge >= 0.3 is 11.9 Å². The number of hydrogen-bond acceptors (Lipinski definition) is 7. The van der Waals surface area contributed by atoms with E-state index in [9.17, 15) is 14.7 Å². The van der Waals surface area contributed by atoms with E-state index in [0.29, 0.717) is 38.5 Å². The number of rotatable bonds is 9. The molecule has 0 radical (unpaired) electrons. The Morgan fingerprint density at radius 1 is 0.791 bits per heavy atom. The molecular formula is C36H60N2O5. The maximum atomic E-state index is 14.6. The maximum absolute atomic E-state index is 14.6. The predicted molar refractivity (Wildman–Crippen MR) is 173 cm³/mol. The van der Waals surface area contributed by atoms with Crippen molar-refractivity contribution >= 4 is 11.9 Å². The highest BCUT2D eigenvalue weighted by Gasteiger charge is 2.53. The summed E-state index contributed by atoms with van der Waals surface area (Å²) in [6.07, 6.45) is 4.16. The van der Waals surface area contributed by atoms with Crippen LogP contribution in [0.1, 0.15) is 124 Å². The van der Waals surface area contributed by atoms with Crippen LogP contribution >= 0.6 is 0 Å². The number of unbranched alkanes of at least 4 members (excludes halogenated alkanes) is 1. The Bertz CT molecular complexity index is 1070. The van der Waals surface area contributed by atoms with Crippen molar-refractivity contribution in [1.29, 1.82) is 0 Å². The van der Waals surface area contributed by atoms with E-state index in [1.54, 1.807) is 0 Å². The number of ether oxygens (including phenoxy) is 2. The smallest absolute Gasteiger partial charge is 0.324 e. The highest BCUT2D eigenvalue weighted by atomic mass is 16.6. The molecule has 2 heterocycles. The summed E-state index contributed by atoms with van der Waals surface area (Å²) in [6, 6.07) is 3.76. The Hall–Kier alpha value is -2.12. The van der Waals surface area contributed by atoms with E-state index in [0.717, 1.165) is 23.1 Å². The number of esters is 2. The molecule has 1 N–H and O–H groups in total. The van der Waals surface area contributed by atoms with Crippen molar-refractivity contribution in [3.63, 3.8) is 0 Å². The molecule has 2 aliphatic rings. The molecule has 244 valence electrons. The number of carbonyl (C=O) groups excluding carboxylic acids is 2. The van der Waals surface area contributed by atoms with Crippen LogP contribution < -0.4 is 0 Å². The summed E-state index contributed by atoms with van der Waals surface area (Å²) in [4.78, 5) is 33.9. The van der Waals surface area contributed by atoms with Crippen LogP contribution in [0, 0.1) is 19.3 Å². The molecular weight excluding hydrogens is 540 g/mol. The first-order chi connectivity index (χ1) is 19.6. The number of aromatic hydroxyl groups is 1. The van der Waals surface area contributed by atoms with Crippen LogP contribution in [0.15, 0.2) is 12.1 Å². The largest absolute Gasteiger partial charge is 0.507 e. The van der Waals surface area contributed by atoms with Crippen molar-refractivity contribution in [2.24, 2.45) is 5.41 Å². The fourth-order valence-electron chi connectivity index (χ4n) is 7.75. The van der Waals surface area contributed by atoms with Crippen LogP contribution in [0.4, 0.5) is 0 Å². The lowest BCUT2D eigenvalue weighted by molar-refractivity contribution is -0.188. The normalized spacial score (nSPS) is 22.7. The maximum Gasteiger partial charge on any atom is 0.324 e. The molecule has 0 aromatic heterocycles. The van der Waals surface area contributed by atoms with Gasteiger partial charge in [0.15, 0.2) is 5.41 Å². The van der Waals surface area contributed by atoms with Gasteiger partial charge in [-0.05, 0) is 113 Å². The van der Waals surface area contributed by atoms with Gasteiger partial charge in [0.2, 0.25) is 0 Å². The van der Waals surface area contributed by atoms with Crippen LogP contribution in [0.2, 0.25) is 0 Å². The number of piperidine rings is 2. The van der Waals surface area contributed by atoms with Gasteiger partial charge in [0.05, 0.1) is 0 Å². The SMILES string of the molecule is CCCCC(Cc1cc(C)c(O)c(C)c1)(C(=O)OC1CC(C)(C)N(C)C(C)(C)C1)C(=O)OC1CC(C)(C)N(C)C(C)(C)C1. The zero-order valence-corrected chi connectivity index (χ0v) is 29.4.